The molecule has 1 aliphatic heterocycles. The summed E-state index contributed by atoms with van der Waals surface area (Å²) in [7, 11) is 0. The molecule has 1 saturated heterocycles. The zero-order valence-electron chi connectivity index (χ0n) is 14.7. The van der Waals surface area contributed by atoms with Crippen molar-refractivity contribution in [2.24, 2.45) is 0 Å². The fourth-order valence-electron chi connectivity index (χ4n) is 3.50. The molecular weight excluding hydrogens is 334 g/mol. The fraction of sp³-hybridized carbons (Fsp3) is 0.579. The predicted octanol–water partition coefficient (Wildman–Crippen LogP) is 3.28. The first kappa shape index (κ1) is 18.1. The van der Waals surface area contributed by atoms with E-state index in [4.69, 9.17) is 0 Å². The molecule has 1 aromatic carbocycles. The lowest BCUT2D eigenvalue weighted by atomic mass is 9.96. The van der Waals surface area contributed by atoms with E-state index in [2.05, 4.69) is 10.6 Å². The smallest absolute Gasteiger partial charge is 0.319 e. The Morgan fingerprint density at radius 1 is 1.16 bits per heavy atom. The minimum atomic E-state index is -0.389. The van der Waals surface area contributed by atoms with Crippen LogP contribution >= 0.6 is 11.8 Å². The number of nitrogens with zero attached hydrogens (tertiary/aromatic N) is 1. The lowest BCUT2D eigenvalue weighted by Crippen LogP contribution is -2.52. The summed E-state index contributed by atoms with van der Waals surface area (Å²) >= 11 is 1.64. The van der Waals surface area contributed by atoms with E-state index in [-0.39, 0.29) is 30.1 Å². The molecule has 1 heterocycles. The number of rotatable bonds is 4. The van der Waals surface area contributed by atoms with Crippen molar-refractivity contribution >= 4 is 23.7 Å². The van der Waals surface area contributed by atoms with Crippen molar-refractivity contribution in [2.45, 2.75) is 57.2 Å². The first-order chi connectivity index (χ1) is 12.1. The molecule has 6 heteroatoms. The van der Waals surface area contributed by atoms with Crippen LogP contribution in [-0.2, 0) is 4.79 Å². The van der Waals surface area contributed by atoms with Crippen LogP contribution in [0.5, 0.6) is 0 Å². The second-order valence-electron chi connectivity index (χ2n) is 6.91. The quantitative estimate of drug-likeness (QED) is 0.865. The highest BCUT2D eigenvalue weighted by Gasteiger charge is 2.36. The first-order valence-electron chi connectivity index (χ1n) is 9.15. The average molecular weight is 362 g/mol. The van der Waals surface area contributed by atoms with Crippen LogP contribution in [0.3, 0.4) is 0 Å². The Morgan fingerprint density at radius 3 is 2.60 bits per heavy atom. The van der Waals surface area contributed by atoms with Crippen LogP contribution in [0.15, 0.2) is 30.3 Å². The van der Waals surface area contributed by atoms with Gasteiger partial charge in [-0.3, -0.25) is 4.79 Å². The summed E-state index contributed by atoms with van der Waals surface area (Å²) in [5.74, 6) is 1.17. The molecule has 5 nitrogen and oxygen atoms in total. The highest BCUT2D eigenvalue weighted by atomic mass is 32.2. The van der Waals surface area contributed by atoms with Crippen LogP contribution in [0.1, 0.15) is 50.6 Å². The number of thioether (sulfide) groups is 1. The number of amides is 3. The maximum Gasteiger partial charge on any atom is 0.319 e. The third-order valence-corrected chi connectivity index (χ3v) is 6.05. The van der Waals surface area contributed by atoms with E-state index in [0.717, 1.165) is 18.4 Å². The molecule has 2 fully saturated rings. The van der Waals surface area contributed by atoms with Gasteiger partial charge in [0, 0.05) is 11.8 Å². The van der Waals surface area contributed by atoms with Crippen LogP contribution in [0, 0.1) is 0 Å². The summed E-state index contributed by atoms with van der Waals surface area (Å²) in [4.78, 5) is 27.0. The number of carbonyl (C=O) groups excluding carboxylic acids is 2. The summed E-state index contributed by atoms with van der Waals surface area (Å²) < 4.78 is 0. The van der Waals surface area contributed by atoms with Crippen molar-refractivity contribution in [1.82, 2.24) is 15.5 Å². The molecule has 0 aromatic heterocycles. The number of benzene rings is 1. The molecule has 25 heavy (non-hydrogen) atoms. The number of urea groups is 1. The van der Waals surface area contributed by atoms with Crippen LogP contribution in [0.25, 0.3) is 0 Å². The Balaban J connectivity index is 1.56. The lowest BCUT2D eigenvalue weighted by Gasteiger charge is -2.29. The van der Waals surface area contributed by atoms with Gasteiger partial charge in [-0.1, -0.05) is 49.6 Å². The van der Waals surface area contributed by atoms with Gasteiger partial charge in [-0.05, 0) is 25.3 Å². The van der Waals surface area contributed by atoms with E-state index in [1.807, 2.05) is 37.3 Å². The van der Waals surface area contributed by atoms with E-state index < -0.39 is 0 Å². The van der Waals surface area contributed by atoms with Crippen LogP contribution in [-0.4, -0.2) is 40.6 Å². The van der Waals surface area contributed by atoms with Gasteiger partial charge >= 0.3 is 6.03 Å². The van der Waals surface area contributed by atoms with Crippen LogP contribution < -0.4 is 10.6 Å². The third-order valence-electron chi connectivity index (χ3n) is 5.04. The summed E-state index contributed by atoms with van der Waals surface area (Å²) in [5.41, 5.74) is 1.07. The van der Waals surface area contributed by atoms with Crippen molar-refractivity contribution in [3.63, 3.8) is 0 Å². The van der Waals surface area contributed by atoms with Gasteiger partial charge < -0.3 is 15.5 Å². The Morgan fingerprint density at radius 2 is 1.88 bits per heavy atom. The van der Waals surface area contributed by atoms with Gasteiger partial charge in [0.05, 0.1) is 11.9 Å². The third kappa shape index (κ3) is 4.69. The van der Waals surface area contributed by atoms with E-state index in [1.54, 1.807) is 16.7 Å². The minimum Gasteiger partial charge on any atom is -0.348 e. The van der Waals surface area contributed by atoms with Gasteiger partial charge in [-0.15, -0.1) is 11.8 Å². The summed E-state index contributed by atoms with van der Waals surface area (Å²) in [6, 6.07) is 9.61. The SMILES string of the molecule is C[C@@H](NC(=O)[C@@H]1CSCN1C(=O)NC1CCCCC1)c1ccccc1. The van der Waals surface area contributed by atoms with Gasteiger partial charge in [0.25, 0.3) is 0 Å². The second kappa shape index (κ2) is 8.61. The maximum atomic E-state index is 12.7. The molecular formula is C19H27N3O2S. The molecule has 0 unspecified atom stereocenters. The van der Waals surface area contributed by atoms with Crippen molar-refractivity contribution in [3.8, 4) is 0 Å². The largest absolute Gasteiger partial charge is 0.348 e. The van der Waals surface area contributed by atoms with E-state index in [0.29, 0.717) is 11.6 Å². The molecule has 0 spiro atoms. The highest BCUT2D eigenvalue weighted by Crippen LogP contribution is 2.24. The fourth-order valence-corrected chi connectivity index (χ4v) is 4.65. The average Bonchev–Trinajstić information content (AvgIpc) is 3.13. The van der Waals surface area contributed by atoms with Crippen LogP contribution in [0.4, 0.5) is 4.79 Å². The monoisotopic (exact) mass is 361 g/mol. The lowest BCUT2D eigenvalue weighted by molar-refractivity contribution is -0.125. The topological polar surface area (TPSA) is 61.4 Å². The van der Waals surface area contributed by atoms with Crippen molar-refractivity contribution in [3.05, 3.63) is 35.9 Å². The van der Waals surface area contributed by atoms with Crippen molar-refractivity contribution in [1.29, 1.82) is 0 Å². The Labute approximate surface area is 153 Å². The first-order valence-corrected chi connectivity index (χ1v) is 10.3. The highest BCUT2D eigenvalue weighted by molar-refractivity contribution is 7.99. The normalized spacial score (nSPS) is 22.4. The molecule has 136 valence electrons. The van der Waals surface area contributed by atoms with Crippen molar-refractivity contribution < 1.29 is 9.59 Å². The molecule has 2 aliphatic rings. The molecule has 1 aliphatic carbocycles. The molecule has 3 rings (SSSR count). The Hall–Kier alpha value is -1.69. The standard InChI is InChI=1S/C19H27N3O2S/c1-14(15-8-4-2-5-9-15)20-18(23)17-12-25-13-22(17)19(24)21-16-10-6-3-7-11-16/h2,4-5,8-9,14,16-17H,3,6-7,10-13H2,1H3,(H,20,23)(H,21,24)/t14-,17+/m1/s1. The summed E-state index contributed by atoms with van der Waals surface area (Å²) in [6.07, 6.45) is 5.72. The maximum absolute atomic E-state index is 12.7. The molecule has 2 atom stereocenters. The van der Waals surface area contributed by atoms with Gasteiger partial charge in [-0.25, -0.2) is 4.79 Å². The predicted molar refractivity (Wildman–Crippen MR) is 101 cm³/mol. The van der Waals surface area contributed by atoms with E-state index in [1.165, 1.54) is 19.3 Å². The number of hydrogen-bond donors (Lipinski definition) is 2. The van der Waals surface area contributed by atoms with Gasteiger partial charge in [0.15, 0.2) is 0 Å². The molecule has 1 aromatic rings. The number of carbonyl (C=O) groups is 2. The van der Waals surface area contributed by atoms with Gasteiger partial charge in [-0.2, -0.15) is 0 Å². The zero-order valence-corrected chi connectivity index (χ0v) is 15.6. The summed E-state index contributed by atoms with van der Waals surface area (Å²) in [6.45, 7) is 1.97. The summed E-state index contributed by atoms with van der Waals surface area (Å²) in [5, 5.41) is 6.18. The molecule has 2 N–H and O–H groups in total. The minimum absolute atomic E-state index is 0.0671. The molecule has 0 bridgehead atoms. The van der Waals surface area contributed by atoms with Crippen LogP contribution in [0.2, 0.25) is 0 Å². The van der Waals surface area contributed by atoms with Gasteiger partial charge in [0.2, 0.25) is 5.91 Å². The number of hydrogen-bond acceptors (Lipinski definition) is 3. The van der Waals surface area contributed by atoms with Gasteiger partial charge in [0.1, 0.15) is 6.04 Å². The Kier molecular flexibility index (Phi) is 6.24. The van der Waals surface area contributed by atoms with E-state index >= 15 is 0 Å². The van der Waals surface area contributed by atoms with E-state index in [9.17, 15) is 9.59 Å². The number of nitrogens with one attached hydrogen (secondary N) is 2. The zero-order chi connectivity index (χ0) is 17.6. The molecule has 3 amide bonds. The Bertz CT molecular complexity index is 590. The van der Waals surface area contributed by atoms with Crippen molar-refractivity contribution in [2.75, 3.05) is 11.6 Å². The molecule has 0 radical (unpaired) electrons. The second-order valence-corrected chi connectivity index (χ2v) is 7.91. The molecule has 1 saturated carbocycles.